The van der Waals surface area contributed by atoms with Gasteiger partial charge in [-0.3, -0.25) is 9.59 Å². The zero-order valence-corrected chi connectivity index (χ0v) is 15.3. The van der Waals surface area contributed by atoms with Crippen molar-refractivity contribution in [1.29, 1.82) is 0 Å². The second kappa shape index (κ2) is 6.93. The van der Waals surface area contributed by atoms with Gasteiger partial charge in [0.25, 0.3) is 5.91 Å². The van der Waals surface area contributed by atoms with Crippen molar-refractivity contribution in [2.24, 2.45) is 5.92 Å². The Labute approximate surface area is 146 Å². The van der Waals surface area contributed by atoms with Crippen LogP contribution < -0.4 is 5.32 Å². The Bertz CT molecular complexity index is 766. The molecule has 3 rings (SSSR count). The molecular weight excluding hydrogens is 320 g/mol. The highest BCUT2D eigenvalue weighted by molar-refractivity contribution is 7.21. The minimum absolute atomic E-state index is 0.0269. The van der Waals surface area contributed by atoms with E-state index in [4.69, 9.17) is 0 Å². The average Bonchev–Trinajstić information content (AvgIpc) is 2.91. The van der Waals surface area contributed by atoms with Crippen molar-refractivity contribution in [1.82, 2.24) is 10.2 Å². The molecule has 0 bridgehead atoms. The van der Waals surface area contributed by atoms with Gasteiger partial charge < -0.3 is 10.2 Å². The average molecular weight is 344 g/mol. The number of carbonyl (C=O) groups is 2. The van der Waals surface area contributed by atoms with Gasteiger partial charge in [-0.2, -0.15) is 0 Å². The number of aryl methyl sites for hydroxylation is 1. The summed E-state index contributed by atoms with van der Waals surface area (Å²) >= 11 is 1.57. The van der Waals surface area contributed by atoms with Crippen LogP contribution in [0, 0.1) is 12.8 Å². The highest BCUT2D eigenvalue weighted by Crippen LogP contribution is 2.32. The molecule has 24 heavy (non-hydrogen) atoms. The lowest BCUT2D eigenvalue weighted by atomic mass is 10.0. The van der Waals surface area contributed by atoms with Gasteiger partial charge in [0, 0.05) is 29.7 Å². The molecule has 128 valence electrons. The Morgan fingerprint density at radius 2 is 2.04 bits per heavy atom. The number of rotatable bonds is 3. The van der Waals surface area contributed by atoms with Crippen LogP contribution in [0.1, 0.15) is 41.9 Å². The SMILES string of the molecule is Cc1c(C(=O)N2CCCC(NC(=O)C(C)C)C2)sc2ccccc12. The van der Waals surface area contributed by atoms with Crippen LogP contribution >= 0.6 is 11.3 Å². The monoisotopic (exact) mass is 344 g/mol. The minimum atomic E-state index is -0.0269. The van der Waals surface area contributed by atoms with E-state index in [2.05, 4.69) is 17.4 Å². The second-order valence-electron chi connectivity index (χ2n) is 6.81. The van der Waals surface area contributed by atoms with Crippen molar-refractivity contribution in [2.45, 2.75) is 39.7 Å². The molecule has 1 aromatic heterocycles. The van der Waals surface area contributed by atoms with E-state index in [1.54, 1.807) is 11.3 Å². The largest absolute Gasteiger partial charge is 0.351 e. The number of carbonyl (C=O) groups excluding carboxylic acids is 2. The van der Waals surface area contributed by atoms with Crippen LogP contribution in [0.2, 0.25) is 0 Å². The van der Waals surface area contributed by atoms with E-state index in [0.717, 1.165) is 39.9 Å². The first-order chi connectivity index (χ1) is 11.5. The smallest absolute Gasteiger partial charge is 0.264 e. The fourth-order valence-corrected chi connectivity index (χ4v) is 4.35. The van der Waals surface area contributed by atoms with E-state index in [1.807, 2.05) is 37.8 Å². The van der Waals surface area contributed by atoms with Crippen LogP contribution in [0.3, 0.4) is 0 Å². The van der Waals surface area contributed by atoms with Gasteiger partial charge in [0.15, 0.2) is 0 Å². The lowest BCUT2D eigenvalue weighted by Crippen LogP contribution is -2.50. The third kappa shape index (κ3) is 3.31. The molecule has 0 radical (unpaired) electrons. The molecule has 4 nitrogen and oxygen atoms in total. The summed E-state index contributed by atoms with van der Waals surface area (Å²) < 4.78 is 1.15. The lowest BCUT2D eigenvalue weighted by Gasteiger charge is -2.33. The summed E-state index contributed by atoms with van der Waals surface area (Å²) in [6.07, 6.45) is 1.87. The Balaban J connectivity index is 1.76. The van der Waals surface area contributed by atoms with Gasteiger partial charge in [0.1, 0.15) is 0 Å². The predicted octanol–water partition coefficient (Wildman–Crippen LogP) is 3.59. The minimum Gasteiger partial charge on any atom is -0.351 e. The van der Waals surface area contributed by atoms with Gasteiger partial charge in [-0.1, -0.05) is 32.0 Å². The van der Waals surface area contributed by atoms with Crippen molar-refractivity contribution in [3.05, 3.63) is 34.7 Å². The number of hydrogen-bond donors (Lipinski definition) is 1. The molecule has 1 N–H and O–H groups in total. The molecule has 1 aliphatic rings. The molecule has 5 heteroatoms. The van der Waals surface area contributed by atoms with E-state index in [-0.39, 0.29) is 23.8 Å². The zero-order chi connectivity index (χ0) is 17.3. The summed E-state index contributed by atoms with van der Waals surface area (Å²) in [5, 5.41) is 4.23. The third-order valence-electron chi connectivity index (χ3n) is 4.62. The fraction of sp³-hybridized carbons (Fsp3) is 0.474. The molecule has 2 heterocycles. The summed E-state index contributed by atoms with van der Waals surface area (Å²) in [5.41, 5.74) is 1.06. The first-order valence-corrected chi connectivity index (χ1v) is 9.36. The summed E-state index contributed by atoms with van der Waals surface area (Å²) in [6, 6.07) is 8.21. The maximum Gasteiger partial charge on any atom is 0.264 e. The highest BCUT2D eigenvalue weighted by atomic mass is 32.1. The molecule has 0 spiro atoms. The normalized spacial score (nSPS) is 18.2. The second-order valence-corrected chi connectivity index (χ2v) is 7.86. The van der Waals surface area contributed by atoms with Crippen LogP contribution in [0.5, 0.6) is 0 Å². The molecule has 1 atom stereocenters. The number of fused-ring (bicyclic) bond motifs is 1. The Morgan fingerprint density at radius 3 is 2.75 bits per heavy atom. The van der Waals surface area contributed by atoms with Gasteiger partial charge in [-0.15, -0.1) is 11.3 Å². The number of benzene rings is 1. The first kappa shape index (κ1) is 17.0. The topological polar surface area (TPSA) is 49.4 Å². The quantitative estimate of drug-likeness (QED) is 0.925. The Kier molecular flexibility index (Phi) is 4.90. The number of nitrogens with zero attached hydrogens (tertiary/aromatic N) is 1. The van der Waals surface area contributed by atoms with Gasteiger partial charge >= 0.3 is 0 Å². The van der Waals surface area contributed by atoms with Crippen LogP contribution in [-0.4, -0.2) is 35.8 Å². The van der Waals surface area contributed by atoms with E-state index in [9.17, 15) is 9.59 Å². The van der Waals surface area contributed by atoms with Crippen molar-refractivity contribution in [3.63, 3.8) is 0 Å². The molecular formula is C19H24N2O2S. The van der Waals surface area contributed by atoms with Crippen LogP contribution in [-0.2, 0) is 4.79 Å². The van der Waals surface area contributed by atoms with E-state index in [0.29, 0.717) is 6.54 Å². The number of nitrogens with one attached hydrogen (secondary N) is 1. The van der Waals surface area contributed by atoms with Crippen LogP contribution in [0.4, 0.5) is 0 Å². The maximum atomic E-state index is 13.0. The third-order valence-corrected chi connectivity index (χ3v) is 5.88. The number of hydrogen-bond acceptors (Lipinski definition) is 3. The first-order valence-electron chi connectivity index (χ1n) is 8.55. The Hall–Kier alpha value is -1.88. The molecule has 1 unspecified atom stereocenters. The molecule has 0 saturated carbocycles. The zero-order valence-electron chi connectivity index (χ0n) is 14.5. The van der Waals surface area contributed by atoms with Gasteiger partial charge in [-0.05, 0) is 36.8 Å². The van der Waals surface area contributed by atoms with Gasteiger partial charge in [0.05, 0.1) is 4.88 Å². The molecule has 1 saturated heterocycles. The predicted molar refractivity (Wildman–Crippen MR) is 98.5 cm³/mol. The van der Waals surface area contributed by atoms with Crippen molar-refractivity contribution in [3.8, 4) is 0 Å². The molecule has 1 fully saturated rings. The lowest BCUT2D eigenvalue weighted by molar-refractivity contribution is -0.125. The van der Waals surface area contributed by atoms with Crippen molar-refractivity contribution in [2.75, 3.05) is 13.1 Å². The summed E-state index contributed by atoms with van der Waals surface area (Å²) in [5.74, 6) is 0.130. The number of amides is 2. The summed E-state index contributed by atoms with van der Waals surface area (Å²) in [7, 11) is 0. The van der Waals surface area contributed by atoms with Crippen LogP contribution in [0.15, 0.2) is 24.3 Å². The van der Waals surface area contributed by atoms with Gasteiger partial charge in [0.2, 0.25) is 5.91 Å². The van der Waals surface area contributed by atoms with Gasteiger partial charge in [-0.25, -0.2) is 0 Å². The highest BCUT2D eigenvalue weighted by Gasteiger charge is 2.28. The molecule has 2 aromatic rings. The standard InChI is InChI=1S/C19H24N2O2S/c1-12(2)18(22)20-14-7-6-10-21(11-14)19(23)17-13(3)15-8-4-5-9-16(15)24-17/h4-5,8-9,12,14H,6-7,10-11H2,1-3H3,(H,20,22). The number of piperidine rings is 1. The molecule has 1 aliphatic heterocycles. The van der Waals surface area contributed by atoms with E-state index < -0.39 is 0 Å². The molecule has 2 amide bonds. The van der Waals surface area contributed by atoms with Crippen molar-refractivity contribution >= 4 is 33.2 Å². The maximum absolute atomic E-state index is 13.0. The fourth-order valence-electron chi connectivity index (χ4n) is 3.17. The summed E-state index contributed by atoms with van der Waals surface area (Å²) in [4.78, 5) is 27.6. The number of thiophene rings is 1. The number of likely N-dealkylation sites (tertiary alicyclic amines) is 1. The summed E-state index contributed by atoms with van der Waals surface area (Å²) in [6.45, 7) is 7.17. The van der Waals surface area contributed by atoms with Crippen molar-refractivity contribution < 1.29 is 9.59 Å². The van der Waals surface area contributed by atoms with E-state index >= 15 is 0 Å². The molecule has 0 aliphatic carbocycles. The Morgan fingerprint density at radius 1 is 1.29 bits per heavy atom. The molecule has 1 aromatic carbocycles. The van der Waals surface area contributed by atoms with E-state index in [1.165, 1.54) is 0 Å². The van der Waals surface area contributed by atoms with Crippen LogP contribution in [0.25, 0.3) is 10.1 Å².